The molecule has 6 rings (SSSR count). The summed E-state index contributed by atoms with van der Waals surface area (Å²) in [5, 5.41) is 37.3. The van der Waals surface area contributed by atoms with Crippen LogP contribution in [0, 0.1) is 0 Å². The first kappa shape index (κ1) is 51.0. The Kier molecular flexibility index (Phi) is 17.5. The van der Waals surface area contributed by atoms with Gasteiger partial charge in [0.2, 0.25) is 11.8 Å². The fourth-order valence-electron chi connectivity index (χ4n) is 6.18. The van der Waals surface area contributed by atoms with E-state index in [0.717, 1.165) is 16.7 Å². The summed E-state index contributed by atoms with van der Waals surface area (Å²) in [6.07, 6.45) is 2.25. The van der Waals surface area contributed by atoms with Crippen molar-refractivity contribution in [3.8, 4) is 0 Å². The molecule has 20 nitrogen and oxygen atoms in total. The van der Waals surface area contributed by atoms with Crippen LogP contribution in [-0.4, -0.2) is 95.2 Å². The molecule has 0 saturated carbocycles. The van der Waals surface area contributed by atoms with Crippen molar-refractivity contribution < 1.29 is 43.2 Å². The van der Waals surface area contributed by atoms with Crippen LogP contribution in [0.15, 0.2) is 97.3 Å². The van der Waals surface area contributed by atoms with Crippen molar-refractivity contribution in [2.75, 3.05) is 20.3 Å². The van der Waals surface area contributed by atoms with Gasteiger partial charge in [-0.15, -0.1) is 20.4 Å². The molecule has 358 valence electrons. The number of nitrogens with one attached hydrogen (secondary N) is 4. The number of fused-ring (bicyclic) bond motifs is 2. The second-order valence-electron chi connectivity index (χ2n) is 17.7. The lowest BCUT2D eigenvalue weighted by Gasteiger charge is -2.29. The average molecular weight is 924 g/mol. The van der Waals surface area contributed by atoms with Gasteiger partial charge < -0.3 is 51.1 Å². The van der Waals surface area contributed by atoms with Crippen molar-refractivity contribution in [2.45, 2.75) is 104 Å². The summed E-state index contributed by atoms with van der Waals surface area (Å²) in [6, 6.07) is 25.1. The van der Waals surface area contributed by atoms with Gasteiger partial charge in [-0.05, 0) is 77.3 Å². The smallest absolute Gasteiger partial charge is 0.408 e. The van der Waals surface area contributed by atoms with Crippen LogP contribution in [0.1, 0.15) is 94.5 Å². The Morgan fingerprint density at radius 3 is 1.57 bits per heavy atom. The zero-order chi connectivity index (χ0) is 48.8. The lowest BCUT2D eigenvalue weighted by atomic mass is 10.0. The Balaban J connectivity index is 0.000000252. The molecule has 0 aliphatic carbocycles. The minimum absolute atomic E-state index is 0.0740. The number of aromatic nitrogens is 6. The fourth-order valence-corrected chi connectivity index (χ4v) is 6.18. The van der Waals surface area contributed by atoms with E-state index >= 15 is 0 Å². The summed E-state index contributed by atoms with van der Waals surface area (Å²) in [7, 11) is 1.49. The topological polar surface area (TPSA) is 260 Å². The molecular formula is C47H61N11O9. The molecule has 0 bridgehead atoms. The summed E-state index contributed by atoms with van der Waals surface area (Å²) in [4.78, 5) is 49.5. The number of rotatable bonds is 18. The molecule has 0 aliphatic heterocycles. The largest absolute Gasteiger partial charge is 0.445 e. The fraction of sp³-hybridized carbons (Fsp3) is 0.404. The van der Waals surface area contributed by atoms with Crippen LogP contribution in [-0.2, 0) is 55.0 Å². The molecule has 0 fully saturated rings. The molecule has 20 heteroatoms. The van der Waals surface area contributed by atoms with E-state index in [1.807, 2.05) is 60.7 Å². The lowest BCUT2D eigenvalue weighted by molar-refractivity contribution is -0.128. The zero-order valence-electron chi connectivity index (χ0n) is 39.1. The summed E-state index contributed by atoms with van der Waals surface area (Å²) >= 11 is 0. The first-order valence-corrected chi connectivity index (χ1v) is 21.5. The van der Waals surface area contributed by atoms with Gasteiger partial charge in [-0.25, -0.2) is 9.59 Å². The maximum absolute atomic E-state index is 13.2. The van der Waals surface area contributed by atoms with Crippen molar-refractivity contribution in [2.24, 2.45) is 5.73 Å². The summed E-state index contributed by atoms with van der Waals surface area (Å²) in [6.45, 7) is 12.6. The highest BCUT2D eigenvalue weighted by Gasteiger charge is 2.34. The highest BCUT2D eigenvalue weighted by Crippen LogP contribution is 2.20. The first-order valence-electron chi connectivity index (χ1n) is 21.5. The summed E-state index contributed by atoms with van der Waals surface area (Å²) in [5.41, 5.74) is 7.45. The zero-order valence-corrected chi connectivity index (χ0v) is 39.1. The number of benzene rings is 2. The van der Waals surface area contributed by atoms with Gasteiger partial charge in [-0.2, -0.15) is 0 Å². The van der Waals surface area contributed by atoms with E-state index < -0.39 is 46.9 Å². The quantitative estimate of drug-likeness (QED) is 0.0689. The van der Waals surface area contributed by atoms with Crippen LogP contribution >= 0.6 is 0 Å². The third-order valence-corrected chi connectivity index (χ3v) is 9.73. The van der Waals surface area contributed by atoms with E-state index in [9.17, 15) is 24.3 Å². The predicted molar refractivity (Wildman–Crippen MR) is 247 cm³/mol. The molecule has 2 aromatic carbocycles. The van der Waals surface area contributed by atoms with Gasteiger partial charge in [-0.3, -0.25) is 18.4 Å². The number of amides is 4. The number of pyridine rings is 2. The molecule has 0 spiro atoms. The van der Waals surface area contributed by atoms with Gasteiger partial charge >= 0.3 is 12.2 Å². The molecule has 2 atom stereocenters. The summed E-state index contributed by atoms with van der Waals surface area (Å²) < 4.78 is 25.6. The van der Waals surface area contributed by atoms with E-state index in [-0.39, 0.29) is 32.3 Å². The number of hydrogen-bond acceptors (Lipinski definition) is 14. The predicted octanol–water partition coefficient (Wildman–Crippen LogP) is 4.60. The van der Waals surface area contributed by atoms with Crippen molar-refractivity contribution in [1.29, 1.82) is 0 Å². The van der Waals surface area contributed by atoms with Crippen LogP contribution < -0.4 is 27.0 Å². The second-order valence-corrected chi connectivity index (χ2v) is 17.7. The number of aliphatic hydroxyl groups is 1. The van der Waals surface area contributed by atoms with E-state index in [1.165, 1.54) is 7.05 Å². The van der Waals surface area contributed by atoms with Gasteiger partial charge in [0, 0.05) is 25.0 Å². The van der Waals surface area contributed by atoms with Crippen LogP contribution in [0.4, 0.5) is 9.59 Å². The minimum Gasteiger partial charge on any atom is -0.445 e. The van der Waals surface area contributed by atoms with Crippen molar-refractivity contribution in [3.63, 3.8) is 0 Å². The Bertz CT molecular complexity index is 2570. The Hall–Kier alpha value is -7.00. The SMILES string of the molecule is CC(C)(C)OC(=O)NC(C)(C)C(=O)N[C@H](COCc1ccccc1)c1nnc2ccc(CO)cn12.CNC(=O)OCc1ccc2nnc([C@@H](COCc3ccccc3)NC(=O)C(C)(C)N)n2c1. The molecule has 0 aliphatic rings. The molecule has 67 heavy (non-hydrogen) atoms. The maximum atomic E-state index is 13.2. The molecule has 4 aromatic heterocycles. The molecule has 0 unspecified atom stereocenters. The highest BCUT2D eigenvalue weighted by atomic mass is 16.6. The highest BCUT2D eigenvalue weighted by molar-refractivity contribution is 5.89. The number of nitrogens with zero attached hydrogens (tertiary/aromatic N) is 6. The Morgan fingerprint density at radius 2 is 1.10 bits per heavy atom. The van der Waals surface area contributed by atoms with Crippen LogP contribution in [0.25, 0.3) is 11.3 Å². The van der Waals surface area contributed by atoms with Gasteiger partial charge in [0.25, 0.3) is 0 Å². The van der Waals surface area contributed by atoms with Crippen molar-refractivity contribution >= 4 is 35.3 Å². The standard InChI is InChI=1S/C25H33N5O5.C22H28N6O4/c1-24(2,3)35-23(33)27-25(4,5)22(32)26-19(16-34-15-17-9-7-6-8-10-17)21-29-28-20-12-11-18(14-31)13-30(20)21;1-22(2,23)20(29)25-17(14-31-12-15-7-5-4-6-8-15)19-27-26-18-10-9-16(11-28(18)19)13-32-21(30)24-3/h6-13,19,31H,14-16H2,1-5H3,(H,26,32)(H,27,33);4-11,17H,12-14,23H2,1-3H3,(H,24,30)(H,25,29)/t19-;17-/m11/s1. The third kappa shape index (κ3) is 15.3. The number of nitrogens with two attached hydrogens (primary N) is 1. The van der Waals surface area contributed by atoms with Gasteiger partial charge in [0.15, 0.2) is 22.9 Å². The number of ether oxygens (including phenoxy) is 4. The van der Waals surface area contributed by atoms with Gasteiger partial charge in [-0.1, -0.05) is 72.8 Å². The maximum Gasteiger partial charge on any atom is 0.408 e. The average Bonchev–Trinajstić information content (AvgIpc) is 3.91. The minimum atomic E-state index is -1.28. The Labute approximate surface area is 388 Å². The van der Waals surface area contributed by atoms with E-state index in [4.69, 9.17) is 24.7 Å². The number of hydrogen-bond donors (Lipinski definition) is 6. The van der Waals surface area contributed by atoms with Crippen molar-refractivity contribution in [3.05, 3.63) is 131 Å². The van der Waals surface area contributed by atoms with Crippen LogP contribution in [0.2, 0.25) is 0 Å². The van der Waals surface area contributed by atoms with E-state index in [0.29, 0.717) is 41.7 Å². The number of carbonyl (C=O) groups is 4. The molecule has 4 heterocycles. The number of carbonyl (C=O) groups excluding carboxylic acids is 4. The van der Waals surface area contributed by atoms with Crippen molar-refractivity contribution in [1.82, 2.24) is 50.5 Å². The molecule has 0 saturated heterocycles. The molecule has 4 amide bonds. The van der Waals surface area contributed by atoms with Crippen LogP contribution in [0.5, 0.6) is 0 Å². The summed E-state index contributed by atoms with van der Waals surface area (Å²) in [5.74, 6) is 0.116. The number of aliphatic hydroxyl groups excluding tert-OH is 1. The molecular weight excluding hydrogens is 863 g/mol. The normalized spacial score (nSPS) is 12.6. The second kappa shape index (κ2) is 22.9. The third-order valence-electron chi connectivity index (χ3n) is 9.73. The van der Waals surface area contributed by atoms with Gasteiger partial charge in [0.05, 0.1) is 38.6 Å². The lowest BCUT2D eigenvalue weighted by Crippen LogP contribution is -2.56. The number of alkyl carbamates (subject to hydrolysis) is 2. The monoisotopic (exact) mass is 923 g/mol. The van der Waals surface area contributed by atoms with Crippen LogP contribution in [0.3, 0.4) is 0 Å². The first-order chi connectivity index (χ1) is 31.8. The molecule has 7 N–H and O–H groups in total. The van der Waals surface area contributed by atoms with Gasteiger partial charge in [0.1, 0.15) is 29.8 Å². The van der Waals surface area contributed by atoms with E-state index in [1.54, 1.807) is 93.9 Å². The van der Waals surface area contributed by atoms with E-state index in [2.05, 4.69) is 41.7 Å². The molecule has 0 radical (unpaired) electrons. The molecule has 6 aromatic rings. The Morgan fingerprint density at radius 1 is 0.627 bits per heavy atom.